The van der Waals surface area contributed by atoms with Crippen LogP contribution in [0.5, 0.6) is 0 Å². The minimum Gasteiger partial charge on any atom is -0.464 e. The Hall–Kier alpha value is -0.910. The number of nitrogens with two attached hydrogens (primary N) is 1. The van der Waals surface area contributed by atoms with E-state index in [1.807, 2.05) is 19.1 Å². The van der Waals surface area contributed by atoms with E-state index in [1.165, 1.54) is 5.56 Å². The summed E-state index contributed by atoms with van der Waals surface area (Å²) >= 11 is 3.54. The molecule has 0 bridgehead atoms. The van der Waals surface area contributed by atoms with Gasteiger partial charge in [0.15, 0.2) is 0 Å². The molecule has 0 aromatic heterocycles. The third-order valence-electron chi connectivity index (χ3n) is 6.37. The molecule has 1 aromatic rings. The first-order chi connectivity index (χ1) is 11.9. The summed E-state index contributed by atoms with van der Waals surface area (Å²) in [6.07, 6.45) is 4.81. The number of carbonyl (C=O) groups is 1. The van der Waals surface area contributed by atoms with Crippen LogP contribution in [-0.2, 0) is 26.2 Å². The van der Waals surface area contributed by atoms with E-state index in [2.05, 4.69) is 28.9 Å². The Labute approximate surface area is 158 Å². The lowest BCUT2D eigenvalue weighted by Crippen LogP contribution is -2.59. The highest BCUT2D eigenvalue weighted by molar-refractivity contribution is 9.10. The normalized spacial score (nSPS) is 34.1. The first-order valence-electron chi connectivity index (χ1n) is 9.19. The Morgan fingerprint density at radius 3 is 2.80 bits per heavy atom. The Morgan fingerprint density at radius 1 is 1.40 bits per heavy atom. The Bertz CT molecular complexity index is 664. The van der Waals surface area contributed by atoms with Gasteiger partial charge < -0.3 is 15.2 Å². The second-order valence-electron chi connectivity index (χ2n) is 7.47. The van der Waals surface area contributed by atoms with Crippen LogP contribution in [0.15, 0.2) is 22.7 Å². The fourth-order valence-electron chi connectivity index (χ4n) is 5.06. The molecule has 2 N–H and O–H groups in total. The number of hydrogen-bond donors (Lipinski definition) is 1. The predicted octanol–water partition coefficient (Wildman–Crippen LogP) is 3.93. The topological polar surface area (TPSA) is 61.5 Å². The van der Waals surface area contributed by atoms with Gasteiger partial charge >= 0.3 is 5.97 Å². The van der Waals surface area contributed by atoms with Crippen molar-refractivity contribution < 1.29 is 14.3 Å². The number of hydrogen-bond acceptors (Lipinski definition) is 4. The fourth-order valence-corrected chi connectivity index (χ4v) is 5.42. The first-order valence-corrected chi connectivity index (χ1v) is 9.99. The van der Waals surface area contributed by atoms with Crippen molar-refractivity contribution in [2.45, 2.75) is 57.6 Å². The van der Waals surface area contributed by atoms with Crippen LogP contribution < -0.4 is 5.73 Å². The number of esters is 1. The molecule has 0 heterocycles. The quantitative estimate of drug-likeness (QED) is 0.764. The summed E-state index contributed by atoms with van der Waals surface area (Å²) < 4.78 is 12.1. The molecule has 1 saturated carbocycles. The molecule has 2 aliphatic rings. The summed E-state index contributed by atoms with van der Waals surface area (Å²) in [5.41, 5.74) is 7.66. The van der Waals surface area contributed by atoms with Crippen LogP contribution in [0.4, 0.5) is 0 Å². The van der Waals surface area contributed by atoms with Gasteiger partial charge in [-0.25, -0.2) is 4.79 Å². The summed E-state index contributed by atoms with van der Waals surface area (Å²) in [7, 11) is 1.78. The van der Waals surface area contributed by atoms with Crippen molar-refractivity contribution in [1.82, 2.24) is 0 Å². The molecule has 0 saturated heterocycles. The molecule has 138 valence electrons. The summed E-state index contributed by atoms with van der Waals surface area (Å²) in [5, 5.41) is 0. The van der Waals surface area contributed by atoms with Crippen molar-refractivity contribution in [3.05, 3.63) is 33.8 Å². The van der Waals surface area contributed by atoms with Crippen LogP contribution in [0.3, 0.4) is 0 Å². The average molecular weight is 410 g/mol. The number of benzene rings is 1. The third-order valence-corrected chi connectivity index (χ3v) is 6.87. The maximum absolute atomic E-state index is 13.1. The van der Waals surface area contributed by atoms with Crippen LogP contribution in [-0.4, -0.2) is 25.8 Å². The van der Waals surface area contributed by atoms with E-state index in [-0.39, 0.29) is 17.5 Å². The van der Waals surface area contributed by atoms with Gasteiger partial charge in [0, 0.05) is 17.0 Å². The molecule has 1 aromatic carbocycles. The van der Waals surface area contributed by atoms with Crippen LogP contribution in [0.25, 0.3) is 0 Å². The van der Waals surface area contributed by atoms with Crippen LogP contribution >= 0.6 is 15.9 Å². The number of halogens is 1. The van der Waals surface area contributed by atoms with Gasteiger partial charge in [-0.1, -0.05) is 35.3 Å². The summed E-state index contributed by atoms with van der Waals surface area (Å²) in [6, 6.07) is 6.13. The number of rotatable bonds is 4. The zero-order valence-electron chi connectivity index (χ0n) is 15.3. The van der Waals surface area contributed by atoms with Crippen molar-refractivity contribution in [3.63, 3.8) is 0 Å². The van der Waals surface area contributed by atoms with Crippen LogP contribution in [0.1, 0.15) is 50.7 Å². The van der Waals surface area contributed by atoms with E-state index >= 15 is 0 Å². The van der Waals surface area contributed by atoms with Gasteiger partial charge in [-0.15, -0.1) is 0 Å². The zero-order valence-corrected chi connectivity index (χ0v) is 16.9. The van der Waals surface area contributed by atoms with E-state index < -0.39 is 5.54 Å². The molecular weight excluding hydrogens is 382 g/mol. The molecular formula is C20H28BrNO3. The van der Waals surface area contributed by atoms with Gasteiger partial charge in [-0.3, -0.25) is 0 Å². The van der Waals surface area contributed by atoms with Crippen LogP contribution in [0, 0.1) is 11.3 Å². The standard InChI is InChI=1S/C20H28BrNO3/c1-4-13-11-19(9-8-17(13)24-3)12-14-6-7-15(21)10-16(14)20(19,22)18(23)25-5-2/h6-7,10,13,17H,4-5,8-9,11-12,22H2,1-3H3. The Balaban J connectivity index is 2.08. The maximum atomic E-state index is 13.1. The van der Waals surface area contributed by atoms with Gasteiger partial charge in [0.2, 0.25) is 0 Å². The second-order valence-corrected chi connectivity index (χ2v) is 8.39. The van der Waals surface area contributed by atoms with E-state index in [1.54, 1.807) is 7.11 Å². The van der Waals surface area contributed by atoms with Crippen molar-refractivity contribution in [2.75, 3.05) is 13.7 Å². The third kappa shape index (κ3) is 2.84. The molecule has 0 amide bonds. The van der Waals surface area contributed by atoms with Crippen molar-refractivity contribution in [3.8, 4) is 0 Å². The highest BCUT2D eigenvalue weighted by atomic mass is 79.9. The Kier molecular flexibility index (Phi) is 5.29. The number of carbonyl (C=O) groups excluding carboxylic acids is 1. The highest BCUT2D eigenvalue weighted by Gasteiger charge is 2.62. The Morgan fingerprint density at radius 2 is 2.16 bits per heavy atom. The predicted molar refractivity (Wildman–Crippen MR) is 101 cm³/mol. The minimum atomic E-state index is -1.09. The molecule has 3 rings (SSSR count). The van der Waals surface area contributed by atoms with Crippen molar-refractivity contribution >= 4 is 21.9 Å². The summed E-state index contributed by atoms with van der Waals surface area (Å²) in [4.78, 5) is 13.1. The molecule has 1 spiro atoms. The fraction of sp³-hybridized carbons (Fsp3) is 0.650. The van der Waals surface area contributed by atoms with Crippen LogP contribution in [0.2, 0.25) is 0 Å². The van der Waals surface area contributed by atoms with E-state index in [9.17, 15) is 4.79 Å². The van der Waals surface area contributed by atoms with Gasteiger partial charge in [0.1, 0.15) is 5.54 Å². The summed E-state index contributed by atoms with van der Waals surface area (Å²) in [5.74, 6) is 0.117. The highest BCUT2D eigenvalue weighted by Crippen LogP contribution is 2.58. The maximum Gasteiger partial charge on any atom is 0.331 e. The molecule has 25 heavy (non-hydrogen) atoms. The molecule has 4 nitrogen and oxygen atoms in total. The van der Waals surface area contributed by atoms with Gasteiger partial charge in [0.25, 0.3) is 0 Å². The zero-order chi connectivity index (χ0) is 18.2. The smallest absolute Gasteiger partial charge is 0.331 e. The average Bonchev–Trinajstić information content (AvgIpc) is 2.84. The molecule has 0 aliphatic heterocycles. The van der Waals surface area contributed by atoms with Gasteiger partial charge in [-0.05, 0) is 61.8 Å². The van der Waals surface area contributed by atoms with Crippen molar-refractivity contribution in [2.24, 2.45) is 17.1 Å². The first kappa shape index (κ1) is 18.9. The van der Waals surface area contributed by atoms with E-state index in [0.29, 0.717) is 12.5 Å². The largest absolute Gasteiger partial charge is 0.464 e. The SMILES string of the molecule is CCOC(=O)C1(N)c2cc(Br)ccc2CC12CCC(OC)C(CC)C2. The van der Waals surface area contributed by atoms with Crippen molar-refractivity contribution in [1.29, 1.82) is 0 Å². The number of methoxy groups -OCH3 is 1. The van der Waals surface area contributed by atoms with Gasteiger partial charge in [-0.2, -0.15) is 0 Å². The van der Waals surface area contributed by atoms with E-state index in [4.69, 9.17) is 15.2 Å². The molecule has 4 atom stereocenters. The lowest BCUT2D eigenvalue weighted by molar-refractivity contribution is -0.159. The molecule has 0 radical (unpaired) electrons. The van der Waals surface area contributed by atoms with E-state index in [0.717, 1.165) is 42.1 Å². The monoisotopic (exact) mass is 409 g/mol. The minimum absolute atomic E-state index is 0.248. The molecule has 5 heteroatoms. The molecule has 1 fully saturated rings. The molecule has 2 aliphatic carbocycles. The second kappa shape index (κ2) is 7.01. The summed E-state index contributed by atoms with van der Waals surface area (Å²) in [6.45, 7) is 4.37. The number of ether oxygens (including phenoxy) is 2. The lowest BCUT2D eigenvalue weighted by atomic mass is 9.58. The number of fused-ring (bicyclic) bond motifs is 1. The van der Waals surface area contributed by atoms with Gasteiger partial charge in [0.05, 0.1) is 12.7 Å². The lowest BCUT2D eigenvalue weighted by Gasteiger charge is -2.49. The molecule has 4 unspecified atom stereocenters.